The highest BCUT2D eigenvalue weighted by Crippen LogP contribution is 2.19. The lowest BCUT2D eigenvalue weighted by Gasteiger charge is -2.02. The number of rotatable bonds is 1. The molecule has 0 bridgehead atoms. The van der Waals surface area contributed by atoms with Crippen LogP contribution in [0.4, 0.5) is 0 Å². The molecule has 0 saturated heterocycles. The predicted octanol–water partition coefficient (Wildman–Crippen LogP) is 3.41. The Morgan fingerprint density at radius 3 is 2.36 bits per heavy atom. The Labute approximate surface area is 93.1 Å². The number of hydrogen-bond donors (Lipinski definition) is 1. The largest absolute Gasteiger partial charge is 0.481 e. The Morgan fingerprint density at radius 2 is 2.00 bits per heavy atom. The number of benzene rings is 1. The first-order valence-corrected chi connectivity index (χ1v) is 5.21. The third-order valence-corrected chi connectivity index (χ3v) is 2.62. The predicted molar refractivity (Wildman–Crippen MR) is 61.6 cm³/mol. The molecule has 3 heteroatoms. The number of hydrogen-bond acceptors (Lipinski definition) is 1. The lowest BCUT2D eigenvalue weighted by Crippen LogP contribution is -1.85. The third kappa shape index (κ3) is 5.02. The first-order chi connectivity index (χ1) is 6.49. The van der Waals surface area contributed by atoms with Crippen molar-refractivity contribution in [3.05, 3.63) is 33.8 Å². The molecule has 0 amide bonds. The van der Waals surface area contributed by atoms with Crippen molar-refractivity contribution < 1.29 is 9.90 Å². The van der Waals surface area contributed by atoms with E-state index in [1.165, 1.54) is 15.6 Å². The summed E-state index contributed by atoms with van der Waals surface area (Å²) in [6, 6.07) is 6.32. The second-order valence-electron chi connectivity index (χ2n) is 2.90. The summed E-state index contributed by atoms with van der Waals surface area (Å²) in [5.41, 5.74) is 2.79. The molecule has 2 nitrogen and oxygen atoms in total. The van der Waals surface area contributed by atoms with Crippen molar-refractivity contribution >= 4 is 21.9 Å². The minimum atomic E-state index is -0.833. The average Bonchev–Trinajstić information content (AvgIpc) is 2.09. The van der Waals surface area contributed by atoms with E-state index >= 15 is 0 Å². The van der Waals surface area contributed by atoms with Crippen LogP contribution >= 0.6 is 15.9 Å². The molecule has 0 unspecified atom stereocenters. The van der Waals surface area contributed by atoms with E-state index in [4.69, 9.17) is 9.90 Å². The molecule has 14 heavy (non-hydrogen) atoms. The molecule has 0 saturated carbocycles. The topological polar surface area (TPSA) is 37.3 Å². The molecule has 0 aliphatic carbocycles. The molecule has 0 atom stereocenters. The molecular weight excluding hydrogens is 244 g/mol. The number of aliphatic carboxylic acids is 1. The van der Waals surface area contributed by atoms with Gasteiger partial charge in [0.05, 0.1) is 0 Å². The Kier molecular flexibility index (Phi) is 6.21. The van der Waals surface area contributed by atoms with Gasteiger partial charge in [0.15, 0.2) is 0 Å². The summed E-state index contributed by atoms with van der Waals surface area (Å²) >= 11 is 3.49. The molecule has 1 aromatic carbocycles. The maximum Gasteiger partial charge on any atom is 0.300 e. The van der Waals surface area contributed by atoms with Crippen LogP contribution in [0.25, 0.3) is 0 Å². The van der Waals surface area contributed by atoms with E-state index in [2.05, 4.69) is 48.0 Å². The molecule has 0 spiro atoms. The van der Waals surface area contributed by atoms with Gasteiger partial charge < -0.3 is 5.11 Å². The zero-order valence-electron chi connectivity index (χ0n) is 8.67. The molecular formula is C11H15BrO2. The van der Waals surface area contributed by atoms with Crippen LogP contribution in [0.1, 0.15) is 25.0 Å². The van der Waals surface area contributed by atoms with Gasteiger partial charge in [-0.1, -0.05) is 35.0 Å². The Balaban J connectivity index is 0.000000364. The summed E-state index contributed by atoms with van der Waals surface area (Å²) in [6.07, 6.45) is 1.12. The van der Waals surface area contributed by atoms with Crippen LogP contribution in [0.2, 0.25) is 0 Å². The fourth-order valence-electron chi connectivity index (χ4n) is 1.04. The van der Waals surface area contributed by atoms with Crippen LogP contribution < -0.4 is 0 Å². The normalized spacial score (nSPS) is 8.86. The second kappa shape index (κ2) is 6.60. The van der Waals surface area contributed by atoms with E-state index in [1.807, 2.05) is 0 Å². The van der Waals surface area contributed by atoms with Crippen LogP contribution in [0.5, 0.6) is 0 Å². The van der Waals surface area contributed by atoms with Crippen LogP contribution in [-0.4, -0.2) is 11.1 Å². The van der Waals surface area contributed by atoms with Crippen molar-refractivity contribution in [3.63, 3.8) is 0 Å². The van der Waals surface area contributed by atoms with Gasteiger partial charge in [-0.15, -0.1) is 0 Å². The maximum absolute atomic E-state index is 9.00. The highest BCUT2D eigenvalue weighted by atomic mass is 79.9. The Hall–Kier alpha value is -0.830. The fourth-order valence-corrected chi connectivity index (χ4v) is 1.44. The van der Waals surface area contributed by atoms with Gasteiger partial charge in [0.1, 0.15) is 0 Å². The highest BCUT2D eigenvalue weighted by Gasteiger charge is 1.97. The second-order valence-corrected chi connectivity index (χ2v) is 3.75. The Bertz CT molecular complexity index is 304. The standard InChI is InChI=1S/C9H11Br.C2H4O2/c1-3-8-5-4-6-9(10)7(8)2;1-2(3)4/h4-6H,3H2,1-2H3;1H3,(H,3,4). The van der Waals surface area contributed by atoms with Gasteiger partial charge in [0.25, 0.3) is 5.97 Å². The summed E-state index contributed by atoms with van der Waals surface area (Å²) in [5, 5.41) is 7.42. The molecule has 1 rings (SSSR count). The Morgan fingerprint density at radius 1 is 1.50 bits per heavy atom. The molecule has 0 heterocycles. The van der Waals surface area contributed by atoms with Gasteiger partial charge in [-0.3, -0.25) is 4.79 Å². The first kappa shape index (κ1) is 13.2. The summed E-state index contributed by atoms with van der Waals surface area (Å²) in [4.78, 5) is 9.00. The van der Waals surface area contributed by atoms with Crippen molar-refractivity contribution in [1.29, 1.82) is 0 Å². The van der Waals surface area contributed by atoms with Gasteiger partial charge in [-0.05, 0) is 30.5 Å². The van der Waals surface area contributed by atoms with Gasteiger partial charge in [-0.2, -0.15) is 0 Å². The van der Waals surface area contributed by atoms with Gasteiger partial charge in [0, 0.05) is 11.4 Å². The molecule has 0 aromatic heterocycles. The highest BCUT2D eigenvalue weighted by molar-refractivity contribution is 9.10. The fraction of sp³-hybridized carbons (Fsp3) is 0.364. The van der Waals surface area contributed by atoms with E-state index in [-0.39, 0.29) is 0 Å². The summed E-state index contributed by atoms with van der Waals surface area (Å²) in [7, 11) is 0. The number of aryl methyl sites for hydroxylation is 1. The molecule has 0 aliphatic rings. The zero-order valence-corrected chi connectivity index (χ0v) is 10.3. The summed E-state index contributed by atoms with van der Waals surface area (Å²) in [5.74, 6) is -0.833. The van der Waals surface area contributed by atoms with Crippen molar-refractivity contribution in [2.75, 3.05) is 0 Å². The van der Waals surface area contributed by atoms with Crippen LogP contribution in [0.3, 0.4) is 0 Å². The lowest BCUT2D eigenvalue weighted by molar-refractivity contribution is -0.134. The molecule has 1 N–H and O–H groups in total. The molecule has 1 aromatic rings. The molecule has 0 fully saturated rings. The monoisotopic (exact) mass is 258 g/mol. The smallest absolute Gasteiger partial charge is 0.300 e. The van der Waals surface area contributed by atoms with Crippen molar-refractivity contribution in [2.24, 2.45) is 0 Å². The number of halogens is 1. The van der Waals surface area contributed by atoms with E-state index in [0.29, 0.717) is 0 Å². The maximum atomic E-state index is 9.00. The van der Waals surface area contributed by atoms with Crippen molar-refractivity contribution in [1.82, 2.24) is 0 Å². The minimum Gasteiger partial charge on any atom is -0.481 e. The number of carbonyl (C=O) groups is 1. The average molecular weight is 259 g/mol. The minimum absolute atomic E-state index is 0.833. The van der Waals surface area contributed by atoms with E-state index in [1.54, 1.807) is 0 Å². The van der Waals surface area contributed by atoms with Gasteiger partial charge >= 0.3 is 0 Å². The molecule has 78 valence electrons. The van der Waals surface area contributed by atoms with Crippen LogP contribution in [0.15, 0.2) is 22.7 Å². The zero-order chi connectivity index (χ0) is 11.1. The first-order valence-electron chi connectivity index (χ1n) is 4.42. The van der Waals surface area contributed by atoms with Gasteiger partial charge in [-0.25, -0.2) is 0 Å². The van der Waals surface area contributed by atoms with Crippen LogP contribution in [-0.2, 0) is 11.2 Å². The van der Waals surface area contributed by atoms with Crippen molar-refractivity contribution in [2.45, 2.75) is 27.2 Å². The van der Waals surface area contributed by atoms with E-state index < -0.39 is 5.97 Å². The van der Waals surface area contributed by atoms with E-state index in [0.717, 1.165) is 13.3 Å². The third-order valence-electron chi connectivity index (χ3n) is 1.76. The summed E-state index contributed by atoms with van der Waals surface area (Å²) in [6.45, 7) is 5.40. The number of carboxylic acid groups (broad SMARTS) is 1. The van der Waals surface area contributed by atoms with Gasteiger partial charge in [0.2, 0.25) is 0 Å². The quantitative estimate of drug-likeness (QED) is 0.839. The lowest BCUT2D eigenvalue weighted by atomic mass is 10.1. The van der Waals surface area contributed by atoms with E-state index in [9.17, 15) is 0 Å². The summed E-state index contributed by atoms with van der Waals surface area (Å²) < 4.78 is 1.21. The molecule has 0 aliphatic heterocycles. The van der Waals surface area contributed by atoms with Crippen molar-refractivity contribution in [3.8, 4) is 0 Å². The molecule has 0 radical (unpaired) electrons. The SMILES string of the molecule is CC(=O)O.CCc1cccc(Br)c1C. The van der Waals surface area contributed by atoms with Crippen LogP contribution in [0, 0.1) is 6.92 Å². The number of carboxylic acids is 1.